The van der Waals surface area contributed by atoms with E-state index >= 15 is 0 Å². The number of thiol groups is 1. The highest BCUT2D eigenvalue weighted by Crippen LogP contribution is 2.47. The summed E-state index contributed by atoms with van der Waals surface area (Å²) < 4.78 is 6.21. The Morgan fingerprint density at radius 1 is 1.05 bits per heavy atom. The maximum absolute atomic E-state index is 13.1. The van der Waals surface area contributed by atoms with E-state index in [0.29, 0.717) is 17.2 Å². The van der Waals surface area contributed by atoms with E-state index in [0.717, 1.165) is 56.3 Å². The van der Waals surface area contributed by atoms with E-state index in [1.54, 1.807) is 5.57 Å². The van der Waals surface area contributed by atoms with Crippen molar-refractivity contribution in [2.75, 3.05) is 7.05 Å². The average molecular weight is 624 g/mol. The fraction of sp³-hybridized carbons (Fsp3) is 0.892. The van der Waals surface area contributed by atoms with Gasteiger partial charge in [-0.25, -0.2) is 0 Å². The molecule has 43 heavy (non-hydrogen) atoms. The van der Waals surface area contributed by atoms with Crippen LogP contribution in [0.3, 0.4) is 0 Å². The van der Waals surface area contributed by atoms with Crippen molar-refractivity contribution < 1.29 is 19.4 Å². The van der Waals surface area contributed by atoms with E-state index in [1.165, 1.54) is 70.6 Å². The lowest BCUT2D eigenvalue weighted by Gasteiger charge is -2.32. The van der Waals surface area contributed by atoms with Crippen molar-refractivity contribution in [1.82, 2.24) is 5.32 Å². The molecule has 7 unspecified atom stereocenters. The predicted molar refractivity (Wildman–Crippen MR) is 186 cm³/mol. The van der Waals surface area contributed by atoms with Crippen LogP contribution in [0.15, 0.2) is 11.6 Å². The topological polar surface area (TPSA) is 75.6 Å². The number of rotatable bonds is 10. The number of allylic oxidation sites excluding steroid dienone is 1. The summed E-state index contributed by atoms with van der Waals surface area (Å²) in [4.78, 5) is 22.1. The van der Waals surface area contributed by atoms with Crippen molar-refractivity contribution in [3.05, 3.63) is 11.6 Å². The molecular formula is C37H69NO4S. The van der Waals surface area contributed by atoms with E-state index in [2.05, 4.69) is 32.2 Å². The monoisotopic (exact) mass is 623 g/mol. The first-order chi connectivity index (χ1) is 20.3. The normalized spacial score (nSPS) is 29.6. The summed E-state index contributed by atoms with van der Waals surface area (Å²) >= 11 is 5.24. The number of nitrogens with one attached hydrogen (secondary N) is 1. The molecule has 0 aromatic heterocycles. The van der Waals surface area contributed by atoms with Crippen molar-refractivity contribution in [1.29, 1.82) is 0 Å². The van der Waals surface area contributed by atoms with Gasteiger partial charge in [-0.15, -0.1) is 0 Å². The van der Waals surface area contributed by atoms with Crippen LogP contribution < -0.4 is 5.32 Å². The third-order valence-electron chi connectivity index (χ3n) is 10.0. The fourth-order valence-electron chi connectivity index (χ4n) is 7.74. The summed E-state index contributed by atoms with van der Waals surface area (Å²) in [6.07, 6.45) is 21.3. The Labute approximate surface area is 271 Å². The molecule has 0 heterocycles. The van der Waals surface area contributed by atoms with Gasteiger partial charge in [0.05, 0.1) is 5.41 Å². The van der Waals surface area contributed by atoms with Crippen LogP contribution in [-0.4, -0.2) is 41.5 Å². The quantitative estimate of drug-likeness (QED) is 0.0977. The summed E-state index contributed by atoms with van der Waals surface area (Å²) in [5, 5.41) is 11.1. The number of ether oxygens (including phenoxy) is 1. The minimum absolute atomic E-state index is 0.0193. The Morgan fingerprint density at radius 2 is 1.72 bits per heavy atom. The SMILES string of the molecule is CC.CC(=O)O.CNC(C)CC(C)(C)C(=O)OC1CCCC2/C(=C\CCC3CCC(CCCCC(C)C)C3CCC2S)C1. The molecule has 0 aromatic carbocycles. The second-order valence-corrected chi connectivity index (χ2v) is 15.2. The number of hydrogen-bond donors (Lipinski definition) is 3. The van der Waals surface area contributed by atoms with Gasteiger partial charge in [0.25, 0.3) is 5.97 Å². The Kier molecular flexibility index (Phi) is 19.5. The summed E-state index contributed by atoms with van der Waals surface area (Å²) in [6.45, 7) is 16.0. The maximum atomic E-state index is 13.1. The maximum Gasteiger partial charge on any atom is 0.311 e. The van der Waals surface area contributed by atoms with E-state index in [-0.39, 0.29) is 12.1 Å². The third kappa shape index (κ3) is 14.8. The Hall–Kier alpha value is -1.01. The second kappa shape index (κ2) is 20.9. The number of hydrogen-bond acceptors (Lipinski definition) is 5. The van der Waals surface area contributed by atoms with E-state index in [4.69, 9.17) is 27.3 Å². The number of esters is 1. The van der Waals surface area contributed by atoms with Crippen LogP contribution in [0.4, 0.5) is 0 Å². The number of unbranched alkanes of at least 4 members (excludes halogenated alkanes) is 1. The van der Waals surface area contributed by atoms with E-state index in [1.807, 2.05) is 34.7 Å². The van der Waals surface area contributed by atoms with Gasteiger partial charge in [-0.1, -0.05) is 65.0 Å². The lowest BCUT2D eigenvalue weighted by atomic mass is 9.77. The molecule has 0 amide bonds. The zero-order valence-electron chi connectivity index (χ0n) is 29.4. The van der Waals surface area contributed by atoms with E-state index < -0.39 is 11.4 Å². The molecule has 3 aliphatic rings. The third-order valence-corrected chi connectivity index (χ3v) is 10.7. The number of carboxylic acids is 1. The molecule has 0 aromatic rings. The summed E-state index contributed by atoms with van der Waals surface area (Å²) in [5.74, 6) is 3.30. The van der Waals surface area contributed by atoms with Crippen molar-refractivity contribution in [2.24, 2.45) is 35.0 Å². The minimum Gasteiger partial charge on any atom is -0.481 e. The van der Waals surface area contributed by atoms with Crippen molar-refractivity contribution in [3.8, 4) is 0 Å². The lowest BCUT2D eigenvalue weighted by molar-refractivity contribution is -0.160. The number of carboxylic acid groups (broad SMARTS) is 1. The first-order valence-electron chi connectivity index (χ1n) is 17.8. The molecule has 5 nitrogen and oxygen atoms in total. The molecule has 2 N–H and O–H groups in total. The molecule has 2 saturated carbocycles. The molecule has 6 heteroatoms. The summed E-state index contributed by atoms with van der Waals surface area (Å²) in [6, 6.07) is 0.297. The fourth-order valence-corrected chi connectivity index (χ4v) is 8.23. The molecule has 2 fully saturated rings. The predicted octanol–water partition coefficient (Wildman–Crippen LogP) is 9.89. The highest BCUT2D eigenvalue weighted by atomic mass is 32.1. The van der Waals surface area contributed by atoms with Gasteiger partial charge in [0.2, 0.25) is 0 Å². The van der Waals surface area contributed by atoms with Crippen LogP contribution in [0.2, 0.25) is 0 Å². The molecule has 7 atom stereocenters. The number of carbonyl (C=O) groups excluding carboxylic acids is 1. The van der Waals surface area contributed by atoms with Crippen LogP contribution in [0, 0.1) is 35.0 Å². The van der Waals surface area contributed by atoms with Gasteiger partial charge >= 0.3 is 5.97 Å². The van der Waals surface area contributed by atoms with Crippen molar-refractivity contribution >= 4 is 24.6 Å². The average Bonchev–Trinajstić information content (AvgIpc) is 3.20. The van der Waals surface area contributed by atoms with Crippen LogP contribution in [0.5, 0.6) is 0 Å². The molecule has 3 rings (SSSR count). The number of carbonyl (C=O) groups is 2. The first-order valence-corrected chi connectivity index (χ1v) is 18.3. The van der Waals surface area contributed by atoms with Crippen LogP contribution >= 0.6 is 12.6 Å². The molecule has 252 valence electrons. The number of fused-ring (bicyclic) bond motifs is 2. The first kappa shape index (κ1) is 40.0. The molecular weight excluding hydrogens is 554 g/mol. The van der Waals surface area contributed by atoms with Gasteiger partial charge in [-0.3, -0.25) is 9.59 Å². The highest BCUT2D eigenvalue weighted by molar-refractivity contribution is 7.81. The largest absolute Gasteiger partial charge is 0.481 e. The Balaban J connectivity index is 0.00000142. The standard InChI is InChI=1S/C33H59NO2S.C2H4O2.C2H6/c1-23(2)11-7-8-12-25-17-18-26-13-9-14-27-21-28(36-32(35)33(4,5)22-24(3)34-6)15-10-16-30(27)31(37)20-19-29(25)26;1-2(3)4;1-2/h14,23-26,28-31,34,37H,7-13,15-22H2,1-6H3;1H3,(H,3,4);1-2H3/b27-14-;;. The Morgan fingerprint density at radius 3 is 2.35 bits per heavy atom. The number of aliphatic carboxylic acids is 1. The van der Waals surface area contributed by atoms with Crippen molar-refractivity contribution in [2.45, 2.75) is 169 Å². The zero-order chi connectivity index (χ0) is 32.6. The smallest absolute Gasteiger partial charge is 0.311 e. The molecule has 0 radical (unpaired) electrons. The van der Waals surface area contributed by atoms with Crippen LogP contribution in [0.1, 0.15) is 152 Å². The van der Waals surface area contributed by atoms with E-state index in [9.17, 15) is 4.79 Å². The highest BCUT2D eigenvalue weighted by Gasteiger charge is 2.38. The van der Waals surface area contributed by atoms with Gasteiger partial charge in [0.15, 0.2) is 0 Å². The van der Waals surface area contributed by atoms with Gasteiger partial charge in [0, 0.05) is 24.6 Å². The van der Waals surface area contributed by atoms with Gasteiger partial charge in [-0.05, 0) is 122 Å². The molecule has 3 aliphatic carbocycles. The van der Waals surface area contributed by atoms with Crippen LogP contribution in [-0.2, 0) is 14.3 Å². The summed E-state index contributed by atoms with van der Waals surface area (Å²) in [7, 11) is 1.96. The summed E-state index contributed by atoms with van der Waals surface area (Å²) in [5.41, 5.74) is 1.08. The Bertz CT molecular complexity index is 821. The molecule has 0 saturated heterocycles. The molecule has 0 aliphatic heterocycles. The molecule has 0 spiro atoms. The minimum atomic E-state index is -0.833. The lowest BCUT2D eigenvalue weighted by Crippen LogP contribution is -2.36. The second-order valence-electron chi connectivity index (χ2n) is 14.5. The van der Waals surface area contributed by atoms with Gasteiger partial charge in [0.1, 0.15) is 6.10 Å². The van der Waals surface area contributed by atoms with Gasteiger partial charge in [-0.2, -0.15) is 12.6 Å². The molecule has 0 bridgehead atoms. The zero-order valence-corrected chi connectivity index (χ0v) is 30.3. The van der Waals surface area contributed by atoms with Crippen LogP contribution in [0.25, 0.3) is 0 Å². The van der Waals surface area contributed by atoms with Crippen molar-refractivity contribution in [3.63, 3.8) is 0 Å². The van der Waals surface area contributed by atoms with Gasteiger partial charge < -0.3 is 15.2 Å².